The number of H-pyrrole nitrogens is 1. The second-order valence-corrected chi connectivity index (χ2v) is 6.99. The number of aromatic nitrogens is 2. The van der Waals surface area contributed by atoms with Crippen molar-refractivity contribution in [3.05, 3.63) is 100.0 Å². The van der Waals surface area contributed by atoms with Gasteiger partial charge in [-0.25, -0.2) is 10.2 Å². The average molecular weight is 421 g/mol. The maximum atomic E-state index is 12.7. The molecule has 0 aliphatic rings. The first-order valence-electron chi connectivity index (χ1n) is 9.07. The summed E-state index contributed by atoms with van der Waals surface area (Å²) < 4.78 is 0. The fourth-order valence-electron chi connectivity index (χ4n) is 2.95. The Labute approximate surface area is 176 Å². The predicted molar refractivity (Wildman–Crippen MR) is 115 cm³/mol. The monoisotopic (exact) mass is 420 g/mol. The van der Waals surface area contributed by atoms with Crippen LogP contribution in [-0.2, 0) is 0 Å². The van der Waals surface area contributed by atoms with Crippen molar-refractivity contribution in [2.45, 2.75) is 0 Å². The van der Waals surface area contributed by atoms with E-state index >= 15 is 0 Å². The topological polar surface area (TPSA) is 106 Å². The summed E-state index contributed by atoms with van der Waals surface area (Å²) in [6, 6.07) is 20.5. The van der Waals surface area contributed by atoms with Crippen LogP contribution in [0.1, 0.15) is 21.7 Å². The van der Waals surface area contributed by atoms with E-state index in [1.165, 1.54) is 12.1 Å². The smallest absolute Gasteiger partial charge is 0.255 e. The van der Waals surface area contributed by atoms with Crippen LogP contribution in [-0.4, -0.2) is 21.1 Å². The van der Waals surface area contributed by atoms with Crippen molar-refractivity contribution >= 4 is 46.0 Å². The number of hydrogen-bond acceptors (Lipinski definition) is 4. The fourth-order valence-corrected chi connectivity index (χ4v) is 3.12. The van der Waals surface area contributed by atoms with Crippen LogP contribution < -0.4 is 10.5 Å². The highest BCUT2D eigenvalue weighted by molar-refractivity contribution is 6.31. The van der Waals surface area contributed by atoms with E-state index in [9.17, 15) is 10.0 Å². The van der Waals surface area contributed by atoms with Gasteiger partial charge >= 0.3 is 0 Å². The van der Waals surface area contributed by atoms with Gasteiger partial charge in [-0.15, -0.1) is 0 Å². The summed E-state index contributed by atoms with van der Waals surface area (Å²) >= 11 is 6.06. The number of halogens is 1. The summed E-state index contributed by atoms with van der Waals surface area (Å²) in [6.45, 7) is 0. The summed E-state index contributed by atoms with van der Waals surface area (Å²) in [7, 11) is 0. The second-order valence-electron chi connectivity index (χ2n) is 6.55. The van der Waals surface area contributed by atoms with E-state index in [2.05, 4.69) is 15.3 Å². The Bertz CT molecular complexity index is 1220. The number of fused-ring (bicyclic) bond motifs is 1. The molecule has 0 bridgehead atoms. The van der Waals surface area contributed by atoms with Crippen LogP contribution >= 0.6 is 11.6 Å². The van der Waals surface area contributed by atoms with Gasteiger partial charge in [0.05, 0.1) is 16.7 Å². The minimum Gasteiger partial charge on any atom is -0.595 e. The van der Waals surface area contributed by atoms with Crippen molar-refractivity contribution in [2.75, 3.05) is 0 Å². The third-order valence-electron chi connectivity index (χ3n) is 4.45. The van der Waals surface area contributed by atoms with E-state index < -0.39 is 5.23 Å². The van der Waals surface area contributed by atoms with Gasteiger partial charge in [0, 0.05) is 22.7 Å². The van der Waals surface area contributed by atoms with Gasteiger partial charge in [-0.2, -0.15) is 5.23 Å². The van der Waals surface area contributed by atoms with Crippen LogP contribution in [0.2, 0.25) is 5.02 Å². The first kappa shape index (κ1) is 19.8. The lowest BCUT2D eigenvalue weighted by atomic mass is 10.1. The lowest BCUT2D eigenvalue weighted by Crippen LogP contribution is -2.99. The highest BCUT2D eigenvalue weighted by atomic mass is 35.5. The molecule has 0 saturated heterocycles. The number of hydrogen-bond donors (Lipinski definition) is 4. The molecule has 0 fully saturated rings. The third kappa shape index (κ3) is 4.40. The molecule has 0 saturated carbocycles. The van der Waals surface area contributed by atoms with Gasteiger partial charge in [0.25, 0.3) is 5.91 Å². The van der Waals surface area contributed by atoms with Crippen molar-refractivity contribution in [3.8, 4) is 0 Å². The number of nitrogens with one attached hydrogen (secondary N) is 3. The van der Waals surface area contributed by atoms with Gasteiger partial charge in [0.2, 0.25) is 0 Å². The summed E-state index contributed by atoms with van der Waals surface area (Å²) in [5.41, 5.74) is 3.28. The van der Waals surface area contributed by atoms with Gasteiger partial charge in [-0.3, -0.25) is 4.79 Å². The third-order valence-corrected chi connectivity index (χ3v) is 4.69. The standard InChI is InChI=1S/C22H17ClN4O3/c23-16-8-11-18-19(13-16)25-21(24-18)20(26-22(28)15-4-2-1-3-5-15)12-14-6-9-17(10-7-14)27(29)30/h1-13,27,29H,(H,24,25)(H,26,28)/b20-12-. The first-order valence-corrected chi connectivity index (χ1v) is 9.44. The zero-order valence-corrected chi connectivity index (χ0v) is 16.4. The van der Waals surface area contributed by atoms with Crippen molar-refractivity contribution in [1.82, 2.24) is 15.3 Å². The lowest BCUT2D eigenvalue weighted by Gasteiger charge is -2.11. The molecule has 30 heavy (non-hydrogen) atoms. The van der Waals surface area contributed by atoms with Crippen LogP contribution in [0.25, 0.3) is 22.8 Å². The minimum absolute atomic E-state index is 0.181. The molecule has 1 unspecified atom stereocenters. The SMILES string of the molecule is O=C(N/C(=C\c1ccc([NH+]([O-])O)cc1)c1nc2ccc(Cl)cc2[nH]1)c1ccccc1. The number of imidazole rings is 1. The Kier molecular flexibility index (Phi) is 5.60. The minimum atomic E-state index is -1.00. The molecule has 1 heterocycles. The van der Waals surface area contributed by atoms with Gasteiger partial charge in [-0.05, 0) is 54.1 Å². The number of nitrogens with zero attached hydrogens (tertiary/aromatic N) is 1. The molecule has 4 aromatic rings. The Balaban J connectivity index is 1.74. The Morgan fingerprint density at radius 2 is 1.83 bits per heavy atom. The van der Waals surface area contributed by atoms with Crippen molar-refractivity contribution in [2.24, 2.45) is 0 Å². The highest BCUT2D eigenvalue weighted by Crippen LogP contribution is 2.21. The number of carbonyl (C=O) groups excluding carboxylic acids is 1. The summed E-state index contributed by atoms with van der Waals surface area (Å²) in [4.78, 5) is 20.5. The van der Waals surface area contributed by atoms with E-state index in [4.69, 9.17) is 16.8 Å². The Morgan fingerprint density at radius 3 is 2.53 bits per heavy atom. The number of quaternary nitrogens is 1. The molecule has 0 aliphatic heterocycles. The van der Waals surface area contributed by atoms with E-state index in [0.29, 0.717) is 33.2 Å². The first-order chi connectivity index (χ1) is 14.5. The molecule has 1 atom stereocenters. The summed E-state index contributed by atoms with van der Waals surface area (Å²) in [5.74, 6) is 0.168. The Hall–Kier alpha value is -3.49. The maximum Gasteiger partial charge on any atom is 0.255 e. The average Bonchev–Trinajstić information content (AvgIpc) is 3.17. The maximum absolute atomic E-state index is 12.7. The molecule has 7 nitrogen and oxygen atoms in total. The summed E-state index contributed by atoms with van der Waals surface area (Å²) in [5, 5.41) is 22.6. The van der Waals surface area contributed by atoms with Crippen LogP contribution in [0.15, 0.2) is 72.8 Å². The van der Waals surface area contributed by atoms with Crippen LogP contribution in [0.4, 0.5) is 5.69 Å². The molecule has 4 N–H and O–H groups in total. The highest BCUT2D eigenvalue weighted by Gasteiger charge is 2.14. The van der Waals surface area contributed by atoms with Gasteiger partial charge in [0.15, 0.2) is 11.5 Å². The zero-order valence-electron chi connectivity index (χ0n) is 15.6. The van der Waals surface area contributed by atoms with E-state index in [1.54, 1.807) is 60.7 Å². The molecular weight excluding hydrogens is 404 g/mol. The van der Waals surface area contributed by atoms with Crippen LogP contribution in [0.5, 0.6) is 0 Å². The van der Waals surface area contributed by atoms with Gasteiger partial charge in [0.1, 0.15) is 0 Å². The second kappa shape index (κ2) is 8.48. The molecule has 0 aliphatic carbocycles. The van der Waals surface area contributed by atoms with Gasteiger partial charge in [-0.1, -0.05) is 29.8 Å². The molecule has 0 radical (unpaired) electrons. The molecule has 3 aromatic carbocycles. The number of amides is 1. The molecule has 150 valence electrons. The molecule has 8 heteroatoms. The van der Waals surface area contributed by atoms with E-state index in [0.717, 1.165) is 5.52 Å². The van der Waals surface area contributed by atoms with Crippen molar-refractivity contribution in [3.63, 3.8) is 0 Å². The summed E-state index contributed by atoms with van der Waals surface area (Å²) in [6.07, 6.45) is 1.73. The zero-order chi connectivity index (χ0) is 21.1. The number of rotatable bonds is 5. The van der Waals surface area contributed by atoms with Gasteiger partial charge < -0.3 is 15.5 Å². The van der Waals surface area contributed by atoms with E-state index in [1.807, 2.05) is 6.07 Å². The molecule has 1 amide bonds. The predicted octanol–water partition coefficient (Wildman–Crippen LogP) is 3.55. The van der Waals surface area contributed by atoms with Crippen molar-refractivity contribution < 1.29 is 15.2 Å². The molecular formula is C22H17ClN4O3. The van der Waals surface area contributed by atoms with E-state index in [-0.39, 0.29) is 11.6 Å². The fraction of sp³-hybridized carbons (Fsp3) is 0. The quantitative estimate of drug-likeness (QED) is 0.370. The number of benzene rings is 3. The normalized spacial score (nSPS) is 12.7. The number of aromatic amines is 1. The molecule has 4 rings (SSSR count). The molecule has 0 spiro atoms. The Morgan fingerprint density at radius 1 is 1.10 bits per heavy atom. The van der Waals surface area contributed by atoms with Crippen LogP contribution in [0.3, 0.4) is 0 Å². The lowest BCUT2D eigenvalue weighted by molar-refractivity contribution is -0.991. The number of carbonyl (C=O) groups is 1. The molecule has 1 aromatic heterocycles. The van der Waals surface area contributed by atoms with Crippen LogP contribution in [0, 0.1) is 5.21 Å². The largest absolute Gasteiger partial charge is 0.595 e. The van der Waals surface area contributed by atoms with Crippen molar-refractivity contribution in [1.29, 1.82) is 0 Å².